The Balaban J connectivity index is 0.000000264. The summed E-state index contributed by atoms with van der Waals surface area (Å²) in [4.78, 5) is 63.3. The van der Waals surface area contributed by atoms with Crippen molar-refractivity contribution in [1.82, 2.24) is 20.2 Å². The Hall–Kier alpha value is -9.37. The summed E-state index contributed by atoms with van der Waals surface area (Å²) in [5.41, 5.74) is 3.53. The van der Waals surface area contributed by atoms with Crippen LogP contribution in [0.3, 0.4) is 0 Å². The minimum absolute atomic E-state index is 0.0125. The van der Waals surface area contributed by atoms with Crippen LogP contribution >= 0.6 is 46.6 Å². The van der Waals surface area contributed by atoms with Crippen LogP contribution in [0, 0.1) is 30.9 Å². The molecule has 0 fully saturated rings. The number of aryl methyl sites for hydroxylation is 3. The van der Waals surface area contributed by atoms with Gasteiger partial charge in [-0.1, -0.05) is 124 Å². The Morgan fingerprint density at radius 2 is 1.09 bits per heavy atom. The second kappa shape index (κ2) is 28.2. The van der Waals surface area contributed by atoms with E-state index >= 15 is 0 Å². The van der Waals surface area contributed by atoms with E-state index in [0.717, 1.165) is 40.6 Å². The van der Waals surface area contributed by atoms with Gasteiger partial charge in [0.05, 0.1) is 58.2 Å². The average molecular weight is 1320 g/mol. The van der Waals surface area contributed by atoms with Gasteiger partial charge in [0.1, 0.15) is 22.0 Å². The first-order valence-corrected chi connectivity index (χ1v) is 31.6. The molecular formula is C61H52Cl3N9O13S3. The number of halogens is 3. The van der Waals surface area contributed by atoms with Gasteiger partial charge in [-0.15, -0.1) is 5.10 Å². The van der Waals surface area contributed by atoms with Crippen molar-refractivity contribution in [3.63, 3.8) is 0 Å². The predicted molar refractivity (Wildman–Crippen MR) is 340 cm³/mol. The van der Waals surface area contributed by atoms with Crippen molar-refractivity contribution >= 4 is 118 Å². The molecule has 0 bridgehead atoms. The highest BCUT2D eigenvalue weighted by molar-refractivity contribution is 7.98. The highest BCUT2D eigenvalue weighted by Gasteiger charge is 2.33. The first kappa shape index (κ1) is 65.6. The van der Waals surface area contributed by atoms with Crippen molar-refractivity contribution in [3.05, 3.63) is 222 Å². The maximum atomic E-state index is 13.5. The minimum atomic E-state index is -4.18. The van der Waals surface area contributed by atoms with Crippen molar-refractivity contribution in [3.8, 4) is 28.7 Å². The lowest BCUT2D eigenvalue weighted by Gasteiger charge is -2.18. The predicted octanol–water partition coefficient (Wildman–Crippen LogP) is 12.7. The fourth-order valence-electron chi connectivity index (χ4n) is 8.10. The fraction of sp³-hybridized carbons (Fsp3) is 0.131. The highest BCUT2D eigenvalue weighted by atomic mass is 35.5. The number of nitro groups is 1. The summed E-state index contributed by atoms with van der Waals surface area (Å²) in [6, 6.07) is 41.0. The fourth-order valence-corrected chi connectivity index (χ4v) is 12.0. The number of amides is 4. The molecule has 1 aromatic heterocycles. The summed E-state index contributed by atoms with van der Waals surface area (Å²) >= 11 is 19.5. The van der Waals surface area contributed by atoms with Gasteiger partial charge in [-0.3, -0.25) is 29.3 Å². The number of tetrazole rings is 1. The third-order valence-electron chi connectivity index (χ3n) is 13.3. The Labute approximate surface area is 529 Å². The zero-order valence-electron chi connectivity index (χ0n) is 47.4. The number of thioether (sulfide) groups is 1. The number of sulfone groups is 2. The second-order valence-electron chi connectivity index (χ2n) is 19.8. The number of para-hydroxylation sites is 1. The van der Waals surface area contributed by atoms with E-state index in [1.807, 2.05) is 44.2 Å². The Bertz CT molecular complexity index is 4410. The number of hydrogen-bond donors (Lipinski definition) is 6. The van der Waals surface area contributed by atoms with Crippen molar-refractivity contribution in [1.29, 1.82) is 0 Å². The molecular weight excluding hydrogens is 1270 g/mol. The maximum Gasteiger partial charge on any atom is 0.311 e. The first-order chi connectivity index (χ1) is 42.2. The lowest BCUT2D eigenvalue weighted by Crippen LogP contribution is -2.32. The van der Waals surface area contributed by atoms with E-state index in [2.05, 4.69) is 36.8 Å². The Morgan fingerprint density at radius 3 is 1.64 bits per heavy atom. The van der Waals surface area contributed by atoms with Crippen LogP contribution in [0.25, 0.3) is 5.69 Å². The number of phenols is 2. The summed E-state index contributed by atoms with van der Waals surface area (Å²) in [6.07, 6.45) is 0. The second-order valence-corrected chi connectivity index (χ2v) is 26.5. The van der Waals surface area contributed by atoms with Crippen LogP contribution in [0.15, 0.2) is 179 Å². The van der Waals surface area contributed by atoms with Crippen molar-refractivity contribution in [2.75, 3.05) is 21.3 Å². The molecule has 2 unspecified atom stereocenters. The minimum Gasteiger partial charge on any atom is -0.506 e. The van der Waals surface area contributed by atoms with Crippen molar-refractivity contribution in [2.24, 2.45) is 0 Å². The Morgan fingerprint density at radius 1 is 0.584 bits per heavy atom. The number of anilines is 4. The normalized spacial score (nSPS) is 11.9. The molecule has 4 amide bonds. The van der Waals surface area contributed by atoms with E-state index in [1.54, 1.807) is 61.5 Å². The van der Waals surface area contributed by atoms with Crippen LogP contribution in [0.4, 0.5) is 28.4 Å². The van der Waals surface area contributed by atoms with Crippen LogP contribution < -0.4 is 26.0 Å². The summed E-state index contributed by atoms with van der Waals surface area (Å²) in [5, 5.41) is 53.2. The molecule has 2 atom stereocenters. The summed E-state index contributed by atoms with van der Waals surface area (Å²) in [5.74, 6) is -4.21. The molecule has 22 nitrogen and oxygen atoms in total. The number of phenolic OH excluding ortho intramolecular Hbond substituents is 2. The average Bonchev–Trinajstić information content (AvgIpc) is 4.21. The molecule has 89 heavy (non-hydrogen) atoms. The number of ether oxygens (including phenoxy) is 1. The number of carbonyl (C=O) groups is 4. The largest absolute Gasteiger partial charge is 0.506 e. The molecule has 0 spiro atoms. The molecule has 0 aliphatic carbocycles. The number of aromatic hydroxyl groups is 2. The van der Waals surface area contributed by atoms with Crippen LogP contribution in [-0.4, -0.2) is 86.3 Å². The number of carbonyl (C=O) groups excluding carboxylic acids is 4. The lowest BCUT2D eigenvalue weighted by atomic mass is 10.1. The molecule has 0 saturated carbocycles. The molecule has 8 aromatic carbocycles. The van der Waals surface area contributed by atoms with Gasteiger partial charge in [-0.25, -0.2) is 16.8 Å². The van der Waals surface area contributed by atoms with E-state index in [-0.39, 0.29) is 76.2 Å². The van der Waals surface area contributed by atoms with E-state index < -0.39 is 70.2 Å². The molecule has 458 valence electrons. The smallest absolute Gasteiger partial charge is 0.311 e. The number of rotatable bonds is 19. The third kappa shape index (κ3) is 16.0. The SMILES string of the molecule is Cc1ccc(C(=O)Nc2cc(Cl)c(NC(=O)C(C)S(=O)(=O)c3ccc(C)cc3)cc2O)cc1.Cc1ccc(S(=O)(=O)C(C)C(=O)Nc2cc(O)c(NC(=O)c3ccc(Cl)c(Cl)c3)cc2Oc2ccc(CSc3nnnn3-c3ccccc3)cc2[N+](=O)[O-])cc1. The lowest BCUT2D eigenvalue weighted by molar-refractivity contribution is -0.385. The third-order valence-corrected chi connectivity index (χ3v) is 19.5. The molecule has 28 heteroatoms. The maximum absolute atomic E-state index is 13.5. The molecule has 0 radical (unpaired) electrons. The summed E-state index contributed by atoms with van der Waals surface area (Å²) in [6.45, 7) is 7.97. The van der Waals surface area contributed by atoms with E-state index in [0.29, 0.717) is 16.3 Å². The van der Waals surface area contributed by atoms with Gasteiger partial charge in [0.25, 0.3) is 11.8 Å². The van der Waals surface area contributed by atoms with Crippen LogP contribution in [0.1, 0.15) is 56.8 Å². The van der Waals surface area contributed by atoms with E-state index in [4.69, 9.17) is 39.5 Å². The zero-order valence-corrected chi connectivity index (χ0v) is 52.1. The van der Waals surface area contributed by atoms with Gasteiger partial charge < -0.3 is 36.2 Å². The van der Waals surface area contributed by atoms with Crippen LogP contribution in [-0.2, 0) is 35.0 Å². The standard InChI is InChI=1S/C37H29Cl2N7O8S2.C24H23ClN2O5S/c1-21-8-12-26(13-9-21)56(52,53)22(2)35(48)41-30-18-32(47)29(40-36(49)24-11-14-27(38)28(39)17-24)19-34(30)54-33-15-10-23(16-31(33)46(50)51)20-55-37-42-43-44-45(37)25-6-4-3-5-7-25;1-14-4-8-17(9-5-14)24(30)27-21-12-19(25)20(13-22(21)28)26-23(29)16(3)33(31,32)18-10-6-15(2)7-11-18/h3-19,22,47H,20H2,1-2H3,(H,40,49)(H,41,48);4-13,16,28H,1-3H3,(H,26,29)(H,27,30). The highest BCUT2D eigenvalue weighted by Crippen LogP contribution is 2.42. The van der Waals surface area contributed by atoms with E-state index in [9.17, 15) is 56.3 Å². The van der Waals surface area contributed by atoms with Crippen LogP contribution in [0.5, 0.6) is 23.0 Å². The molecule has 6 N–H and O–H groups in total. The summed E-state index contributed by atoms with van der Waals surface area (Å²) < 4.78 is 59.8. The monoisotopic (exact) mass is 1320 g/mol. The molecule has 1 heterocycles. The molecule has 9 rings (SSSR count). The van der Waals surface area contributed by atoms with Gasteiger partial charge in [-0.05, 0) is 129 Å². The number of nitrogens with zero attached hydrogens (tertiary/aromatic N) is 5. The number of nitro benzene ring substituents is 1. The molecule has 9 aromatic rings. The van der Waals surface area contributed by atoms with Gasteiger partial charge in [0, 0.05) is 41.1 Å². The van der Waals surface area contributed by atoms with Crippen molar-refractivity contribution in [2.45, 2.75) is 65.8 Å². The number of hydrogen-bond acceptors (Lipinski definition) is 17. The zero-order chi connectivity index (χ0) is 64.5. The first-order valence-electron chi connectivity index (χ1n) is 26.4. The topological polar surface area (TPSA) is 321 Å². The van der Waals surface area contributed by atoms with Gasteiger partial charge in [-0.2, -0.15) is 4.68 Å². The molecule has 0 saturated heterocycles. The quantitative estimate of drug-likeness (QED) is 0.0190. The number of nitrogens with one attached hydrogen (secondary N) is 4. The van der Waals surface area contributed by atoms with Crippen LogP contribution in [0.2, 0.25) is 15.1 Å². The van der Waals surface area contributed by atoms with Gasteiger partial charge in [0.2, 0.25) is 22.7 Å². The van der Waals surface area contributed by atoms with Gasteiger partial charge in [0.15, 0.2) is 25.4 Å². The van der Waals surface area contributed by atoms with E-state index in [1.165, 1.54) is 91.0 Å². The number of aromatic nitrogens is 4. The Kier molecular flexibility index (Phi) is 20.8. The van der Waals surface area contributed by atoms with Crippen molar-refractivity contribution < 1.29 is 55.9 Å². The van der Waals surface area contributed by atoms with Gasteiger partial charge >= 0.3 is 5.69 Å². The molecule has 0 aliphatic rings. The molecule has 0 aliphatic heterocycles. The summed E-state index contributed by atoms with van der Waals surface area (Å²) in [7, 11) is -8.11. The number of benzene rings is 8.